The van der Waals surface area contributed by atoms with E-state index < -0.39 is 0 Å². The van der Waals surface area contributed by atoms with Crippen LogP contribution in [0.2, 0.25) is 0 Å². The maximum Gasteiger partial charge on any atom is 0.283 e. The molecule has 0 aliphatic rings. The van der Waals surface area contributed by atoms with Gasteiger partial charge in [-0.1, -0.05) is 23.9 Å². The van der Waals surface area contributed by atoms with Gasteiger partial charge in [0, 0.05) is 25.2 Å². The smallest absolute Gasteiger partial charge is 0.283 e. The molecule has 0 amide bonds. The number of nitro benzene ring substituents is 1. The monoisotopic (exact) mass is 292 g/mol. The largest absolute Gasteiger partial charge is 0.316 e. The van der Waals surface area contributed by atoms with E-state index in [1.165, 1.54) is 17.8 Å². The topological polar surface area (TPSA) is 73.0 Å². The van der Waals surface area contributed by atoms with E-state index >= 15 is 0 Å². The Hall–Kier alpha value is -1.86. The molecule has 1 heterocycles. The van der Waals surface area contributed by atoms with Gasteiger partial charge < -0.3 is 5.32 Å². The SMILES string of the molecule is CNCc1c(C)nn(C)c1Sc1ccccc1[N+](=O)[O-]. The molecule has 6 nitrogen and oxygen atoms in total. The molecular formula is C13H16N4O2S. The van der Waals surface area contributed by atoms with E-state index in [0.717, 1.165) is 16.3 Å². The van der Waals surface area contributed by atoms with Crippen LogP contribution in [0.25, 0.3) is 0 Å². The Labute approximate surface area is 121 Å². The molecule has 1 aromatic carbocycles. The van der Waals surface area contributed by atoms with Crippen molar-refractivity contribution in [3.63, 3.8) is 0 Å². The second kappa shape index (κ2) is 6.06. The average Bonchev–Trinajstić information content (AvgIpc) is 2.66. The number of hydrogen-bond acceptors (Lipinski definition) is 5. The summed E-state index contributed by atoms with van der Waals surface area (Å²) >= 11 is 1.38. The van der Waals surface area contributed by atoms with Gasteiger partial charge in [0.05, 0.1) is 15.5 Å². The highest BCUT2D eigenvalue weighted by atomic mass is 32.2. The molecule has 1 N–H and O–H groups in total. The van der Waals surface area contributed by atoms with Crippen LogP contribution in [0.1, 0.15) is 11.3 Å². The van der Waals surface area contributed by atoms with Crippen LogP contribution >= 0.6 is 11.8 Å². The quantitative estimate of drug-likeness (QED) is 0.677. The number of rotatable bonds is 5. The highest BCUT2D eigenvalue weighted by Gasteiger charge is 2.19. The summed E-state index contributed by atoms with van der Waals surface area (Å²) in [5, 5.41) is 19.5. The highest BCUT2D eigenvalue weighted by Crippen LogP contribution is 2.36. The van der Waals surface area contributed by atoms with Crippen molar-refractivity contribution in [1.82, 2.24) is 15.1 Å². The van der Waals surface area contributed by atoms with Crippen molar-refractivity contribution in [2.45, 2.75) is 23.4 Å². The van der Waals surface area contributed by atoms with Crippen LogP contribution in [0, 0.1) is 17.0 Å². The van der Waals surface area contributed by atoms with Gasteiger partial charge in [-0.3, -0.25) is 14.8 Å². The van der Waals surface area contributed by atoms with Crippen LogP contribution in [0.15, 0.2) is 34.2 Å². The summed E-state index contributed by atoms with van der Waals surface area (Å²) in [7, 11) is 3.72. The maximum absolute atomic E-state index is 11.1. The highest BCUT2D eigenvalue weighted by molar-refractivity contribution is 7.99. The Morgan fingerprint density at radius 1 is 1.45 bits per heavy atom. The minimum Gasteiger partial charge on any atom is -0.316 e. The molecular weight excluding hydrogens is 276 g/mol. The average molecular weight is 292 g/mol. The molecule has 0 aliphatic carbocycles. The maximum atomic E-state index is 11.1. The Morgan fingerprint density at radius 2 is 2.15 bits per heavy atom. The van der Waals surface area contributed by atoms with Crippen LogP contribution in [0.4, 0.5) is 5.69 Å². The Balaban J connectivity index is 2.42. The molecule has 0 saturated heterocycles. The van der Waals surface area contributed by atoms with Gasteiger partial charge >= 0.3 is 0 Å². The number of benzene rings is 1. The van der Waals surface area contributed by atoms with Gasteiger partial charge in [0.1, 0.15) is 5.03 Å². The Kier molecular flexibility index (Phi) is 4.41. The summed E-state index contributed by atoms with van der Waals surface area (Å²) in [6.07, 6.45) is 0. The van der Waals surface area contributed by atoms with Crippen LogP contribution in [-0.4, -0.2) is 21.8 Å². The number of nitrogens with zero attached hydrogens (tertiary/aromatic N) is 3. The van der Waals surface area contributed by atoms with E-state index in [-0.39, 0.29) is 10.6 Å². The van der Waals surface area contributed by atoms with Crippen molar-refractivity contribution in [1.29, 1.82) is 0 Å². The third-order valence-electron chi connectivity index (χ3n) is 2.91. The number of nitro groups is 1. The number of para-hydroxylation sites is 1. The Morgan fingerprint density at radius 3 is 2.80 bits per heavy atom. The molecule has 0 radical (unpaired) electrons. The molecule has 7 heteroatoms. The molecule has 106 valence electrons. The molecule has 20 heavy (non-hydrogen) atoms. The Bertz CT molecular complexity index is 639. The summed E-state index contributed by atoms with van der Waals surface area (Å²) in [5.74, 6) is 0. The second-order valence-corrected chi connectivity index (χ2v) is 5.38. The molecule has 0 aliphatic heterocycles. The van der Waals surface area contributed by atoms with Gasteiger partial charge in [-0.2, -0.15) is 5.10 Å². The molecule has 0 spiro atoms. The molecule has 0 unspecified atom stereocenters. The van der Waals surface area contributed by atoms with Crippen molar-refractivity contribution in [3.05, 3.63) is 45.6 Å². The number of aryl methyl sites for hydroxylation is 2. The number of hydrogen-bond donors (Lipinski definition) is 1. The normalized spacial score (nSPS) is 10.8. The van der Waals surface area contributed by atoms with E-state index in [2.05, 4.69) is 10.4 Å². The zero-order valence-electron chi connectivity index (χ0n) is 11.6. The minimum atomic E-state index is -0.358. The zero-order valence-corrected chi connectivity index (χ0v) is 12.4. The molecule has 1 aromatic heterocycles. The van der Waals surface area contributed by atoms with Crippen molar-refractivity contribution in [2.75, 3.05) is 7.05 Å². The first-order valence-corrected chi connectivity index (χ1v) is 6.94. The van der Waals surface area contributed by atoms with Crippen LogP contribution in [0.3, 0.4) is 0 Å². The van der Waals surface area contributed by atoms with Crippen molar-refractivity contribution >= 4 is 17.4 Å². The van der Waals surface area contributed by atoms with Crippen molar-refractivity contribution in [3.8, 4) is 0 Å². The molecule has 2 rings (SSSR count). The van der Waals surface area contributed by atoms with Gasteiger partial charge in [-0.15, -0.1) is 0 Å². The van der Waals surface area contributed by atoms with Crippen molar-refractivity contribution in [2.24, 2.45) is 7.05 Å². The summed E-state index contributed by atoms with van der Waals surface area (Å²) in [5.41, 5.74) is 2.12. The molecule has 2 aromatic rings. The summed E-state index contributed by atoms with van der Waals surface area (Å²) in [6, 6.07) is 6.75. The number of nitrogens with one attached hydrogen (secondary N) is 1. The first-order chi connectivity index (χ1) is 9.54. The van der Waals surface area contributed by atoms with E-state index in [1.807, 2.05) is 21.0 Å². The minimum absolute atomic E-state index is 0.117. The van der Waals surface area contributed by atoms with E-state index in [1.54, 1.807) is 22.9 Å². The van der Waals surface area contributed by atoms with Crippen molar-refractivity contribution < 1.29 is 4.92 Å². The predicted molar refractivity (Wildman–Crippen MR) is 77.9 cm³/mol. The summed E-state index contributed by atoms with van der Waals surface area (Å²) in [6.45, 7) is 2.62. The summed E-state index contributed by atoms with van der Waals surface area (Å²) < 4.78 is 1.77. The van der Waals surface area contributed by atoms with E-state index in [4.69, 9.17) is 0 Å². The summed E-state index contributed by atoms with van der Waals surface area (Å²) in [4.78, 5) is 11.3. The lowest BCUT2D eigenvalue weighted by molar-refractivity contribution is -0.387. The third-order valence-corrected chi connectivity index (χ3v) is 4.18. The predicted octanol–water partition coefficient (Wildman–Crippen LogP) is 2.51. The lowest BCUT2D eigenvalue weighted by atomic mass is 10.3. The third kappa shape index (κ3) is 2.83. The van der Waals surface area contributed by atoms with Gasteiger partial charge in [0.2, 0.25) is 0 Å². The molecule has 0 fully saturated rings. The first kappa shape index (κ1) is 14.5. The van der Waals surface area contributed by atoms with Crippen LogP contribution < -0.4 is 5.32 Å². The number of aromatic nitrogens is 2. The van der Waals surface area contributed by atoms with Crippen LogP contribution in [0.5, 0.6) is 0 Å². The van der Waals surface area contributed by atoms with E-state index in [0.29, 0.717) is 11.4 Å². The fourth-order valence-corrected chi connectivity index (χ4v) is 3.11. The molecule has 0 atom stereocenters. The molecule has 0 saturated carbocycles. The molecule has 0 bridgehead atoms. The first-order valence-electron chi connectivity index (χ1n) is 6.13. The fraction of sp³-hybridized carbons (Fsp3) is 0.308. The lowest BCUT2D eigenvalue weighted by Gasteiger charge is -2.06. The van der Waals surface area contributed by atoms with Gasteiger partial charge in [-0.25, -0.2) is 0 Å². The van der Waals surface area contributed by atoms with Gasteiger partial charge in [-0.05, 0) is 20.0 Å². The fourth-order valence-electron chi connectivity index (χ4n) is 1.99. The standard InChI is InChI=1S/C13H16N4O2S/c1-9-10(8-14-2)13(16(3)15-9)20-12-7-5-4-6-11(12)17(18)19/h4-7,14H,8H2,1-3H3. The van der Waals surface area contributed by atoms with E-state index in [9.17, 15) is 10.1 Å². The van der Waals surface area contributed by atoms with Gasteiger partial charge in [0.15, 0.2) is 0 Å². The second-order valence-electron chi connectivity index (χ2n) is 4.35. The lowest BCUT2D eigenvalue weighted by Crippen LogP contribution is -2.06. The zero-order chi connectivity index (χ0) is 14.7. The van der Waals surface area contributed by atoms with Gasteiger partial charge in [0.25, 0.3) is 5.69 Å². The van der Waals surface area contributed by atoms with Crippen LogP contribution in [-0.2, 0) is 13.6 Å².